The highest BCUT2D eigenvalue weighted by atomic mass is 35.5. The molecule has 0 aromatic rings. The summed E-state index contributed by atoms with van der Waals surface area (Å²) in [6.07, 6.45) is 9.90. The largest absolute Gasteiger partial charge is 0.247 e. The van der Waals surface area contributed by atoms with Crippen molar-refractivity contribution < 1.29 is 0 Å². The SMILES string of the molecule is C1=CC2=CC=C1C2.CNNCl. The van der Waals surface area contributed by atoms with E-state index in [0.29, 0.717) is 0 Å². The zero-order valence-electron chi connectivity index (χ0n) is 6.39. The average molecular weight is 171 g/mol. The number of hydrogen-bond donors (Lipinski definition) is 2. The van der Waals surface area contributed by atoms with Crippen LogP contribution >= 0.6 is 11.8 Å². The van der Waals surface area contributed by atoms with Crippen molar-refractivity contribution in [2.45, 2.75) is 6.42 Å². The minimum absolute atomic E-state index is 1.19. The molecule has 0 saturated carbocycles. The zero-order valence-corrected chi connectivity index (χ0v) is 7.15. The van der Waals surface area contributed by atoms with Crippen LogP contribution in [0.15, 0.2) is 35.5 Å². The molecule has 0 amide bonds. The van der Waals surface area contributed by atoms with E-state index in [1.165, 1.54) is 17.6 Å². The zero-order chi connectivity index (χ0) is 8.10. The lowest BCUT2D eigenvalue weighted by Crippen LogP contribution is -2.15. The number of rotatable bonds is 1. The fourth-order valence-corrected chi connectivity index (χ4v) is 1.01. The first-order valence-electron chi connectivity index (χ1n) is 3.47. The molecule has 2 nitrogen and oxygen atoms in total. The van der Waals surface area contributed by atoms with Gasteiger partial charge < -0.3 is 0 Å². The number of halogens is 1. The Kier molecular flexibility index (Phi) is 3.36. The quantitative estimate of drug-likeness (QED) is 0.462. The molecule has 2 aliphatic rings. The molecule has 0 fully saturated rings. The maximum atomic E-state index is 4.82. The molecule has 0 unspecified atom stereocenters. The van der Waals surface area contributed by atoms with Crippen LogP contribution in [0.2, 0.25) is 0 Å². The number of nitrogens with one attached hydrogen (secondary N) is 2. The summed E-state index contributed by atoms with van der Waals surface area (Å²) in [4.78, 5) is 2.15. The lowest BCUT2D eigenvalue weighted by Gasteiger charge is -1.77. The highest BCUT2D eigenvalue weighted by Gasteiger charge is 2.07. The highest BCUT2D eigenvalue weighted by Crippen LogP contribution is 2.27. The Hall–Kier alpha value is -0.570. The van der Waals surface area contributed by atoms with Crippen LogP contribution in [0, 0.1) is 0 Å². The molecule has 2 rings (SSSR count). The fourth-order valence-electron chi connectivity index (χ4n) is 1.01. The van der Waals surface area contributed by atoms with Crippen molar-refractivity contribution in [2.24, 2.45) is 0 Å². The van der Waals surface area contributed by atoms with Gasteiger partial charge in [0.15, 0.2) is 0 Å². The first kappa shape index (κ1) is 8.53. The summed E-state index contributed by atoms with van der Waals surface area (Å²) >= 11 is 4.82. The second-order valence-corrected chi connectivity index (χ2v) is 2.53. The molecule has 0 saturated heterocycles. The first-order chi connectivity index (χ1) is 5.36. The Morgan fingerprint density at radius 3 is 1.82 bits per heavy atom. The van der Waals surface area contributed by atoms with Gasteiger partial charge in [0.2, 0.25) is 0 Å². The predicted molar refractivity (Wildman–Crippen MR) is 48.0 cm³/mol. The van der Waals surface area contributed by atoms with Crippen LogP contribution in [0.3, 0.4) is 0 Å². The Balaban J connectivity index is 0.000000134. The molecule has 0 spiro atoms. The molecule has 60 valence electrons. The molecule has 2 bridgehead atoms. The van der Waals surface area contributed by atoms with Gasteiger partial charge in [0.25, 0.3) is 0 Å². The number of hydrazine groups is 1. The molecular weight excluding hydrogens is 160 g/mol. The van der Waals surface area contributed by atoms with Crippen molar-refractivity contribution in [2.75, 3.05) is 7.05 Å². The topological polar surface area (TPSA) is 24.1 Å². The van der Waals surface area contributed by atoms with Crippen molar-refractivity contribution in [1.29, 1.82) is 0 Å². The van der Waals surface area contributed by atoms with Crippen molar-refractivity contribution in [1.82, 2.24) is 10.4 Å². The average Bonchev–Trinajstić information content (AvgIpc) is 2.67. The van der Waals surface area contributed by atoms with Gasteiger partial charge in [0.05, 0.1) is 0 Å². The van der Waals surface area contributed by atoms with Gasteiger partial charge in [0, 0.05) is 0 Å². The molecule has 0 radical (unpaired) electrons. The molecule has 0 heterocycles. The van der Waals surface area contributed by atoms with E-state index in [-0.39, 0.29) is 0 Å². The summed E-state index contributed by atoms with van der Waals surface area (Å²) in [6, 6.07) is 0. The van der Waals surface area contributed by atoms with Crippen LogP contribution in [0.4, 0.5) is 0 Å². The molecular formula is C8H11ClN2. The molecule has 0 aromatic carbocycles. The Morgan fingerprint density at radius 1 is 1.27 bits per heavy atom. The van der Waals surface area contributed by atoms with Crippen LogP contribution < -0.4 is 10.4 Å². The van der Waals surface area contributed by atoms with E-state index in [0.717, 1.165) is 0 Å². The summed E-state index contributed by atoms with van der Waals surface area (Å²) in [5.74, 6) is 0. The van der Waals surface area contributed by atoms with Gasteiger partial charge in [-0.3, -0.25) is 0 Å². The van der Waals surface area contributed by atoms with Gasteiger partial charge >= 0.3 is 0 Å². The third-order valence-electron chi connectivity index (χ3n) is 1.53. The maximum Gasteiger partial charge on any atom is -0.000241 e. The molecule has 3 heteroatoms. The summed E-state index contributed by atoms with van der Waals surface area (Å²) in [5.41, 5.74) is 5.38. The second-order valence-electron chi connectivity index (χ2n) is 2.34. The number of allylic oxidation sites excluding steroid dienone is 6. The van der Waals surface area contributed by atoms with E-state index in [2.05, 4.69) is 34.7 Å². The summed E-state index contributed by atoms with van der Waals surface area (Å²) in [6.45, 7) is 0. The summed E-state index contributed by atoms with van der Waals surface area (Å²) in [7, 11) is 1.69. The van der Waals surface area contributed by atoms with Gasteiger partial charge in [-0.25, -0.2) is 5.43 Å². The standard InChI is InChI=1S/C7H6.CH5ClN2/c1-2-7-4-3-6(1)5-7;1-3-4-2/h1-4H,5H2;3-4H,1H3. The van der Waals surface area contributed by atoms with E-state index in [1.807, 2.05) is 0 Å². The Bertz CT molecular complexity index is 194. The molecule has 2 N–H and O–H groups in total. The molecule has 0 aromatic heterocycles. The Labute approximate surface area is 71.7 Å². The van der Waals surface area contributed by atoms with Crippen molar-refractivity contribution in [3.05, 3.63) is 35.5 Å². The summed E-state index contributed by atoms with van der Waals surface area (Å²) in [5, 5.41) is 0. The monoisotopic (exact) mass is 170 g/mol. The lowest BCUT2D eigenvalue weighted by atomic mass is 10.3. The highest BCUT2D eigenvalue weighted by molar-refractivity contribution is 6.13. The second kappa shape index (κ2) is 4.34. The fraction of sp³-hybridized carbons (Fsp3) is 0.250. The van der Waals surface area contributed by atoms with E-state index >= 15 is 0 Å². The Morgan fingerprint density at radius 2 is 1.73 bits per heavy atom. The number of fused-ring (bicyclic) bond motifs is 2. The van der Waals surface area contributed by atoms with Crippen LogP contribution in [-0.4, -0.2) is 7.05 Å². The minimum Gasteiger partial charge on any atom is -0.247 e. The van der Waals surface area contributed by atoms with Crippen LogP contribution in [0.25, 0.3) is 0 Å². The predicted octanol–water partition coefficient (Wildman–Crippen LogP) is 1.68. The molecule has 11 heavy (non-hydrogen) atoms. The molecule has 0 aliphatic heterocycles. The van der Waals surface area contributed by atoms with Crippen molar-refractivity contribution >= 4 is 11.8 Å². The van der Waals surface area contributed by atoms with Gasteiger partial charge in [-0.15, -0.1) is 0 Å². The van der Waals surface area contributed by atoms with Crippen LogP contribution in [0.5, 0.6) is 0 Å². The normalized spacial score (nSPS) is 17.3. The van der Waals surface area contributed by atoms with Crippen LogP contribution in [-0.2, 0) is 0 Å². The van der Waals surface area contributed by atoms with Gasteiger partial charge in [-0.1, -0.05) is 24.3 Å². The van der Waals surface area contributed by atoms with E-state index < -0.39 is 0 Å². The summed E-state index contributed by atoms with van der Waals surface area (Å²) < 4.78 is 0. The van der Waals surface area contributed by atoms with E-state index in [1.54, 1.807) is 7.05 Å². The van der Waals surface area contributed by atoms with E-state index in [4.69, 9.17) is 11.8 Å². The minimum atomic E-state index is 1.19. The molecule has 2 aliphatic carbocycles. The molecule has 0 atom stereocenters. The van der Waals surface area contributed by atoms with E-state index in [9.17, 15) is 0 Å². The third-order valence-corrected chi connectivity index (χ3v) is 1.71. The third kappa shape index (κ3) is 2.50. The first-order valence-corrected chi connectivity index (χ1v) is 3.85. The van der Waals surface area contributed by atoms with Gasteiger partial charge in [-0.2, -0.15) is 4.94 Å². The van der Waals surface area contributed by atoms with Crippen molar-refractivity contribution in [3.63, 3.8) is 0 Å². The van der Waals surface area contributed by atoms with Gasteiger partial charge in [-0.05, 0) is 36.4 Å². The lowest BCUT2D eigenvalue weighted by molar-refractivity contribution is 0.805. The van der Waals surface area contributed by atoms with Crippen molar-refractivity contribution in [3.8, 4) is 0 Å². The van der Waals surface area contributed by atoms with Crippen LogP contribution in [0.1, 0.15) is 6.42 Å². The maximum absolute atomic E-state index is 4.82. The number of hydrogen-bond acceptors (Lipinski definition) is 2. The van der Waals surface area contributed by atoms with Gasteiger partial charge in [0.1, 0.15) is 0 Å². The smallest absolute Gasteiger partial charge is 0.000241 e.